The van der Waals surface area contributed by atoms with E-state index >= 15 is 0 Å². The fourth-order valence-corrected chi connectivity index (χ4v) is 2.72. The maximum Gasteiger partial charge on any atom is 0.138 e. The summed E-state index contributed by atoms with van der Waals surface area (Å²) in [6.45, 7) is 0.168. The number of nitrogens with two attached hydrogens (primary N) is 1. The van der Waals surface area contributed by atoms with Crippen LogP contribution in [0.2, 0.25) is 5.02 Å². The molecule has 0 aliphatic rings. The van der Waals surface area contributed by atoms with Crippen molar-refractivity contribution >= 4 is 27.5 Å². The highest BCUT2D eigenvalue weighted by atomic mass is 79.9. The van der Waals surface area contributed by atoms with Gasteiger partial charge in [0.2, 0.25) is 0 Å². The van der Waals surface area contributed by atoms with Crippen molar-refractivity contribution in [3.8, 4) is 11.5 Å². The molecule has 0 aliphatic carbocycles. The molecule has 0 saturated heterocycles. The molecule has 0 spiro atoms. The van der Waals surface area contributed by atoms with Crippen LogP contribution in [0.4, 0.5) is 0 Å². The third-order valence-corrected chi connectivity index (χ3v) is 4.00. The van der Waals surface area contributed by atoms with Crippen molar-refractivity contribution < 1.29 is 14.6 Å². The van der Waals surface area contributed by atoms with E-state index in [9.17, 15) is 0 Å². The van der Waals surface area contributed by atoms with Crippen LogP contribution in [0.1, 0.15) is 17.2 Å². The summed E-state index contributed by atoms with van der Waals surface area (Å²) in [6, 6.07) is 10.5. The zero-order chi connectivity index (χ0) is 16.1. The Hall–Kier alpha value is -1.27. The molecule has 118 valence electrons. The highest BCUT2D eigenvalue weighted by molar-refractivity contribution is 9.10. The van der Waals surface area contributed by atoms with Crippen molar-refractivity contribution in [3.63, 3.8) is 0 Å². The van der Waals surface area contributed by atoms with Gasteiger partial charge in [-0.3, -0.25) is 0 Å². The number of methoxy groups -OCH3 is 1. The van der Waals surface area contributed by atoms with E-state index in [0.717, 1.165) is 15.6 Å². The molecule has 0 aromatic heterocycles. The summed E-state index contributed by atoms with van der Waals surface area (Å²) in [5.41, 5.74) is 7.50. The normalized spacial score (nSPS) is 12.0. The second-order valence-corrected chi connectivity index (χ2v) is 6.05. The molecule has 0 heterocycles. The van der Waals surface area contributed by atoms with E-state index in [-0.39, 0.29) is 13.2 Å². The van der Waals surface area contributed by atoms with Crippen LogP contribution in [-0.4, -0.2) is 18.8 Å². The van der Waals surface area contributed by atoms with Crippen LogP contribution in [0.3, 0.4) is 0 Å². The van der Waals surface area contributed by atoms with Crippen LogP contribution in [0, 0.1) is 0 Å². The summed E-state index contributed by atoms with van der Waals surface area (Å²) in [6.07, 6.45) is 0. The maximum atomic E-state index is 9.17. The zero-order valence-corrected chi connectivity index (χ0v) is 14.4. The number of ether oxygens (including phenoxy) is 2. The van der Waals surface area contributed by atoms with Crippen LogP contribution < -0.4 is 15.2 Å². The third kappa shape index (κ3) is 4.14. The molecule has 3 N–H and O–H groups in total. The molecule has 2 aromatic rings. The minimum atomic E-state index is -0.430. The molecule has 2 rings (SSSR count). The van der Waals surface area contributed by atoms with Gasteiger partial charge < -0.3 is 20.3 Å². The lowest BCUT2D eigenvalue weighted by atomic mass is 10.0. The van der Waals surface area contributed by atoms with E-state index in [0.29, 0.717) is 16.5 Å². The quantitative estimate of drug-likeness (QED) is 0.795. The van der Waals surface area contributed by atoms with Gasteiger partial charge in [-0.2, -0.15) is 0 Å². The minimum absolute atomic E-state index is 0.120. The average molecular weight is 387 g/mol. The molecule has 1 atom stereocenters. The van der Waals surface area contributed by atoms with Gasteiger partial charge in [0.25, 0.3) is 0 Å². The number of hydrogen-bond acceptors (Lipinski definition) is 4. The monoisotopic (exact) mass is 385 g/mol. The summed E-state index contributed by atoms with van der Waals surface area (Å²) in [5.74, 6) is 1.28. The Morgan fingerprint density at radius 1 is 1.23 bits per heavy atom. The second kappa shape index (κ2) is 7.83. The second-order valence-electron chi connectivity index (χ2n) is 4.72. The van der Waals surface area contributed by atoms with Gasteiger partial charge in [0, 0.05) is 10.0 Å². The van der Waals surface area contributed by atoms with Crippen molar-refractivity contribution in [2.75, 3.05) is 13.7 Å². The van der Waals surface area contributed by atoms with Crippen molar-refractivity contribution in [2.45, 2.75) is 12.6 Å². The molecular formula is C16H17BrClNO3. The Morgan fingerprint density at radius 2 is 1.95 bits per heavy atom. The molecule has 4 nitrogen and oxygen atoms in total. The molecule has 0 radical (unpaired) electrons. The molecule has 0 fully saturated rings. The molecule has 0 unspecified atom stereocenters. The molecule has 0 saturated carbocycles. The first-order valence-corrected chi connectivity index (χ1v) is 7.83. The van der Waals surface area contributed by atoms with Crippen molar-refractivity contribution in [3.05, 3.63) is 57.0 Å². The van der Waals surface area contributed by atoms with Gasteiger partial charge in [-0.15, -0.1) is 0 Å². The number of aliphatic hydroxyl groups is 1. The van der Waals surface area contributed by atoms with Crippen molar-refractivity contribution in [2.24, 2.45) is 5.73 Å². The first kappa shape index (κ1) is 17.1. The molecule has 22 heavy (non-hydrogen) atoms. The Labute approximate surface area is 142 Å². The van der Waals surface area contributed by atoms with E-state index in [1.165, 1.54) is 0 Å². The predicted molar refractivity (Wildman–Crippen MR) is 90.5 cm³/mol. The highest BCUT2D eigenvalue weighted by Gasteiger charge is 2.11. The van der Waals surface area contributed by atoms with Gasteiger partial charge in [0.1, 0.15) is 18.1 Å². The predicted octanol–water partition coefficient (Wildman–Crippen LogP) is 3.68. The van der Waals surface area contributed by atoms with Gasteiger partial charge in [-0.25, -0.2) is 0 Å². The number of hydrogen-bond donors (Lipinski definition) is 2. The van der Waals surface area contributed by atoms with Gasteiger partial charge in [-0.1, -0.05) is 33.6 Å². The average Bonchev–Trinajstić information content (AvgIpc) is 2.53. The van der Waals surface area contributed by atoms with Crippen LogP contribution >= 0.6 is 27.5 Å². The van der Waals surface area contributed by atoms with E-state index in [1.54, 1.807) is 19.2 Å². The lowest BCUT2D eigenvalue weighted by molar-refractivity contribution is 0.267. The third-order valence-electron chi connectivity index (χ3n) is 3.21. The number of aliphatic hydroxyl groups excluding tert-OH is 1. The number of benzene rings is 2. The maximum absolute atomic E-state index is 9.17. The molecule has 0 aliphatic heterocycles. The first-order chi connectivity index (χ1) is 10.5. The SMILES string of the molecule is COc1ccc([C@H](N)CO)cc1COc1ccc(Br)cc1Cl. The Morgan fingerprint density at radius 3 is 2.59 bits per heavy atom. The summed E-state index contributed by atoms with van der Waals surface area (Å²) in [7, 11) is 1.59. The summed E-state index contributed by atoms with van der Waals surface area (Å²) >= 11 is 9.49. The van der Waals surface area contributed by atoms with E-state index in [4.69, 9.17) is 31.9 Å². The van der Waals surface area contributed by atoms with Gasteiger partial charge in [0.05, 0.1) is 24.8 Å². The molecule has 0 amide bonds. The molecule has 6 heteroatoms. The fourth-order valence-electron chi connectivity index (χ4n) is 2.00. The zero-order valence-electron chi connectivity index (χ0n) is 12.1. The van der Waals surface area contributed by atoms with Gasteiger partial charge >= 0.3 is 0 Å². The first-order valence-electron chi connectivity index (χ1n) is 6.66. The van der Waals surface area contributed by atoms with Crippen LogP contribution in [0.25, 0.3) is 0 Å². The summed E-state index contributed by atoms with van der Waals surface area (Å²) in [4.78, 5) is 0. The Bertz CT molecular complexity index is 651. The van der Waals surface area contributed by atoms with Crippen LogP contribution in [0.15, 0.2) is 40.9 Å². The number of rotatable bonds is 6. The van der Waals surface area contributed by atoms with E-state index in [2.05, 4.69) is 15.9 Å². The lowest BCUT2D eigenvalue weighted by Crippen LogP contribution is -2.15. The van der Waals surface area contributed by atoms with Gasteiger partial charge in [0.15, 0.2) is 0 Å². The van der Waals surface area contributed by atoms with E-state index in [1.807, 2.05) is 24.3 Å². The number of halogens is 2. The smallest absolute Gasteiger partial charge is 0.138 e. The molecule has 0 bridgehead atoms. The molecular weight excluding hydrogens is 370 g/mol. The standard InChI is InChI=1S/C16H17BrClNO3/c1-21-15-4-2-10(14(19)8-20)6-11(15)9-22-16-5-3-12(17)7-13(16)18/h2-7,14,20H,8-9,19H2,1H3/t14-/m1/s1. The summed E-state index contributed by atoms with van der Waals surface area (Å²) < 4.78 is 12.0. The topological polar surface area (TPSA) is 64.7 Å². The minimum Gasteiger partial charge on any atom is -0.496 e. The highest BCUT2D eigenvalue weighted by Crippen LogP contribution is 2.30. The summed E-state index contributed by atoms with van der Waals surface area (Å²) in [5, 5.41) is 9.69. The van der Waals surface area contributed by atoms with Crippen molar-refractivity contribution in [1.82, 2.24) is 0 Å². The lowest BCUT2D eigenvalue weighted by Gasteiger charge is -2.15. The molecule has 2 aromatic carbocycles. The van der Waals surface area contributed by atoms with Crippen LogP contribution in [0.5, 0.6) is 11.5 Å². The fraction of sp³-hybridized carbons (Fsp3) is 0.250. The van der Waals surface area contributed by atoms with Crippen LogP contribution in [-0.2, 0) is 6.61 Å². The Balaban J connectivity index is 2.20. The van der Waals surface area contributed by atoms with Gasteiger partial charge in [-0.05, 0) is 35.9 Å². The Kier molecular flexibility index (Phi) is 6.08. The van der Waals surface area contributed by atoms with E-state index < -0.39 is 6.04 Å². The van der Waals surface area contributed by atoms with Crippen molar-refractivity contribution in [1.29, 1.82) is 0 Å². The largest absolute Gasteiger partial charge is 0.496 e.